The number of carbonyl (C=O) groups excluding carboxylic acids is 2. The fraction of sp³-hybridized carbons (Fsp3) is 0.583. The highest BCUT2D eigenvalue weighted by molar-refractivity contribution is 5.97. The highest BCUT2D eigenvalue weighted by atomic mass is 16.2. The van der Waals surface area contributed by atoms with Crippen molar-refractivity contribution < 1.29 is 9.59 Å². The van der Waals surface area contributed by atoms with Crippen molar-refractivity contribution in [1.82, 2.24) is 20.0 Å². The molecule has 1 aromatic rings. The van der Waals surface area contributed by atoms with Crippen molar-refractivity contribution >= 4 is 11.8 Å². The number of hydrogen-bond donors (Lipinski definition) is 2. The Hall–Kier alpha value is -1.89. The number of hydrogen-bond acceptors (Lipinski definition) is 4. The van der Waals surface area contributed by atoms with E-state index >= 15 is 0 Å². The average molecular weight is 267 g/mol. The molecular weight excluding hydrogens is 246 g/mol. The summed E-state index contributed by atoms with van der Waals surface area (Å²) in [6, 6.07) is 0. The molecule has 0 aliphatic heterocycles. The van der Waals surface area contributed by atoms with Crippen molar-refractivity contribution in [2.45, 2.75) is 19.9 Å². The number of nitrogens with one attached hydrogen (secondary N) is 1. The number of rotatable bonds is 6. The molecule has 0 bridgehead atoms. The third-order valence-corrected chi connectivity index (χ3v) is 2.91. The van der Waals surface area contributed by atoms with Gasteiger partial charge in [-0.2, -0.15) is 5.10 Å². The van der Waals surface area contributed by atoms with Gasteiger partial charge in [-0.05, 0) is 19.9 Å². The van der Waals surface area contributed by atoms with Crippen LogP contribution in [0, 0.1) is 6.92 Å². The fourth-order valence-electron chi connectivity index (χ4n) is 1.69. The minimum Gasteiger partial charge on any atom is -0.358 e. The van der Waals surface area contributed by atoms with Crippen molar-refractivity contribution in [3.05, 3.63) is 17.5 Å². The fourth-order valence-corrected chi connectivity index (χ4v) is 1.69. The average Bonchev–Trinajstić information content (AvgIpc) is 2.76. The first-order valence-corrected chi connectivity index (χ1v) is 6.19. The molecule has 0 spiro atoms. The monoisotopic (exact) mass is 267 g/mol. The summed E-state index contributed by atoms with van der Waals surface area (Å²) in [4.78, 5) is 24.8. The van der Waals surface area contributed by atoms with Gasteiger partial charge in [0.25, 0.3) is 5.91 Å². The van der Waals surface area contributed by atoms with Crippen LogP contribution >= 0.6 is 0 Å². The quantitative estimate of drug-likeness (QED) is 0.717. The van der Waals surface area contributed by atoms with E-state index in [9.17, 15) is 9.59 Å². The summed E-state index contributed by atoms with van der Waals surface area (Å²) in [7, 11) is 3.13. The van der Waals surface area contributed by atoms with Gasteiger partial charge < -0.3 is 16.0 Å². The summed E-state index contributed by atoms with van der Waals surface area (Å²) in [5, 5.41) is 6.65. The molecule has 0 fully saturated rings. The lowest BCUT2D eigenvalue weighted by molar-refractivity contribution is -0.121. The molecular formula is C12H21N5O2. The molecule has 1 aromatic heterocycles. The van der Waals surface area contributed by atoms with Crippen molar-refractivity contribution in [2.75, 3.05) is 27.2 Å². The second kappa shape index (κ2) is 6.89. The van der Waals surface area contributed by atoms with E-state index in [4.69, 9.17) is 5.73 Å². The third kappa shape index (κ3) is 3.78. The van der Waals surface area contributed by atoms with E-state index in [1.807, 2.05) is 6.92 Å². The van der Waals surface area contributed by atoms with Gasteiger partial charge in [0, 0.05) is 26.3 Å². The first-order valence-electron chi connectivity index (χ1n) is 6.19. The van der Waals surface area contributed by atoms with Gasteiger partial charge in [-0.3, -0.25) is 14.3 Å². The summed E-state index contributed by atoms with van der Waals surface area (Å²) >= 11 is 0. The van der Waals surface area contributed by atoms with Crippen LogP contribution in [0.3, 0.4) is 0 Å². The van der Waals surface area contributed by atoms with Gasteiger partial charge in [0.2, 0.25) is 5.91 Å². The Kier molecular flexibility index (Phi) is 5.50. The molecule has 0 saturated heterocycles. The minimum atomic E-state index is -0.208. The second-order valence-corrected chi connectivity index (χ2v) is 4.34. The molecule has 19 heavy (non-hydrogen) atoms. The third-order valence-electron chi connectivity index (χ3n) is 2.91. The van der Waals surface area contributed by atoms with E-state index in [1.54, 1.807) is 11.7 Å². The van der Waals surface area contributed by atoms with Crippen LogP contribution in [0.2, 0.25) is 0 Å². The van der Waals surface area contributed by atoms with Crippen LogP contribution in [0.4, 0.5) is 0 Å². The maximum absolute atomic E-state index is 12.2. The van der Waals surface area contributed by atoms with Crippen molar-refractivity contribution in [3.63, 3.8) is 0 Å². The Balaban J connectivity index is 2.77. The van der Waals surface area contributed by atoms with Crippen molar-refractivity contribution in [2.24, 2.45) is 5.73 Å². The maximum Gasteiger partial charge on any atom is 0.257 e. The lowest BCUT2D eigenvalue weighted by atomic mass is 10.2. The smallest absolute Gasteiger partial charge is 0.257 e. The largest absolute Gasteiger partial charge is 0.358 e. The number of nitrogens with zero attached hydrogens (tertiary/aromatic N) is 3. The summed E-state index contributed by atoms with van der Waals surface area (Å²) < 4.78 is 1.76. The molecule has 7 nitrogen and oxygen atoms in total. The number of aromatic nitrogens is 2. The van der Waals surface area contributed by atoms with Gasteiger partial charge in [-0.25, -0.2) is 0 Å². The van der Waals surface area contributed by atoms with Crippen LogP contribution in [0.5, 0.6) is 0 Å². The molecule has 0 aliphatic carbocycles. The van der Waals surface area contributed by atoms with Gasteiger partial charge in [0.15, 0.2) is 0 Å². The molecule has 0 aromatic carbocycles. The number of carbonyl (C=O) groups is 2. The number of nitrogens with two attached hydrogens (primary N) is 1. The van der Waals surface area contributed by atoms with E-state index in [2.05, 4.69) is 10.4 Å². The van der Waals surface area contributed by atoms with E-state index in [0.717, 1.165) is 12.1 Å². The van der Waals surface area contributed by atoms with Gasteiger partial charge in [-0.15, -0.1) is 0 Å². The molecule has 1 rings (SSSR count). The van der Waals surface area contributed by atoms with Crippen molar-refractivity contribution in [1.29, 1.82) is 0 Å². The maximum atomic E-state index is 12.2. The van der Waals surface area contributed by atoms with Crippen LogP contribution in [0.15, 0.2) is 6.20 Å². The van der Waals surface area contributed by atoms with Crippen LogP contribution in [0.1, 0.15) is 22.5 Å². The van der Waals surface area contributed by atoms with Gasteiger partial charge in [0.1, 0.15) is 0 Å². The molecule has 7 heteroatoms. The Labute approximate surface area is 112 Å². The zero-order valence-corrected chi connectivity index (χ0v) is 11.6. The molecule has 1 heterocycles. The molecule has 0 unspecified atom stereocenters. The summed E-state index contributed by atoms with van der Waals surface area (Å²) in [6.07, 6.45) is 2.35. The molecule has 0 radical (unpaired) electrons. The Bertz CT molecular complexity index is 455. The van der Waals surface area contributed by atoms with E-state index in [-0.39, 0.29) is 18.4 Å². The predicted octanol–water partition coefficient (Wildman–Crippen LogP) is -0.642. The normalized spacial score (nSPS) is 10.3. The Morgan fingerprint density at radius 2 is 2.21 bits per heavy atom. The molecule has 2 amide bonds. The van der Waals surface area contributed by atoms with Crippen LogP contribution in [-0.4, -0.2) is 53.7 Å². The lowest BCUT2D eigenvalue weighted by Gasteiger charge is -2.15. The van der Waals surface area contributed by atoms with E-state index in [0.29, 0.717) is 18.7 Å². The van der Waals surface area contributed by atoms with Crippen molar-refractivity contribution in [3.8, 4) is 0 Å². The summed E-state index contributed by atoms with van der Waals surface area (Å²) in [6.45, 7) is 3.14. The zero-order chi connectivity index (χ0) is 14.4. The number of amides is 2. The van der Waals surface area contributed by atoms with Crippen LogP contribution in [-0.2, 0) is 11.3 Å². The SMILES string of the molecule is CNC(=O)CN(C)C(=O)c1cnn(CCCN)c1C. The Morgan fingerprint density at radius 1 is 1.53 bits per heavy atom. The van der Waals surface area contributed by atoms with Crippen LogP contribution < -0.4 is 11.1 Å². The minimum absolute atomic E-state index is 0.0305. The number of likely N-dealkylation sites (N-methyl/N-ethyl adjacent to an activating group) is 2. The molecule has 3 N–H and O–H groups in total. The van der Waals surface area contributed by atoms with Gasteiger partial charge in [0.05, 0.1) is 18.3 Å². The molecule has 0 atom stereocenters. The molecule has 0 saturated carbocycles. The lowest BCUT2D eigenvalue weighted by Crippen LogP contribution is -2.37. The summed E-state index contributed by atoms with van der Waals surface area (Å²) in [5.74, 6) is -0.413. The first kappa shape index (κ1) is 15.2. The highest BCUT2D eigenvalue weighted by Crippen LogP contribution is 2.10. The Morgan fingerprint density at radius 3 is 2.79 bits per heavy atom. The molecule has 106 valence electrons. The topological polar surface area (TPSA) is 93.2 Å². The first-order chi connectivity index (χ1) is 9.01. The standard InChI is InChI=1S/C12H21N5O2/c1-9-10(7-15-17(9)6-4-5-13)12(19)16(3)8-11(18)14-2/h7H,4-6,8,13H2,1-3H3,(H,14,18). The highest BCUT2D eigenvalue weighted by Gasteiger charge is 2.19. The summed E-state index contributed by atoms with van der Waals surface area (Å²) in [5.41, 5.74) is 6.76. The zero-order valence-electron chi connectivity index (χ0n) is 11.6. The van der Waals surface area contributed by atoms with E-state index < -0.39 is 0 Å². The van der Waals surface area contributed by atoms with E-state index in [1.165, 1.54) is 18.1 Å². The van der Waals surface area contributed by atoms with Gasteiger partial charge >= 0.3 is 0 Å². The van der Waals surface area contributed by atoms with Crippen LogP contribution in [0.25, 0.3) is 0 Å². The predicted molar refractivity (Wildman–Crippen MR) is 71.7 cm³/mol. The second-order valence-electron chi connectivity index (χ2n) is 4.34. The molecule has 0 aliphatic rings. The van der Waals surface area contributed by atoms with Gasteiger partial charge in [-0.1, -0.05) is 0 Å². The number of aryl methyl sites for hydroxylation is 1.